The quantitative estimate of drug-likeness (QED) is 0.243. The lowest BCUT2D eigenvalue weighted by molar-refractivity contribution is -0.144. The molecule has 0 aliphatic carbocycles. The molecule has 154 valence electrons. The molecule has 4 heteroatoms. The fourth-order valence-corrected chi connectivity index (χ4v) is 3.04. The Hall–Kier alpha value is -2.36. The average molecular weight is 387 g/mol. The first-order valence-electron chi connectivity index (χ1n) is 10.3. The van der Waals surface area contributed by atoms with Gasteiger partial charge < -0.3 is 9.84 Å². The van der Waals surface area contributed by atoms with Crippen molar-refractivity contribution >= 4 is 18.0 Å². The van der Waals surface area contributed by atoms with E-state index in [1.807, 2.05) is 36.4 Å². The Bertz CT molecular complexity index is 646. The minimum atomic E-state index is -0.740. The van der Waals surface area contributed by atoms with Crippen molar-refractivity contribution in [1.82, 2.24) is 0 Å². The van der Waals surface area contributed by atoms with Gasteiger partial charge in [-0.05, 0) is 49.3 Å². The molecule has 1 N–H and O–H groups in total. The van der Waals surface area contributed by atoms with Crippen LogP contribution in [0.25, 0.3) is 6.08 Å². The molecule has 0 unspecified atom stereocenters. The van der Waals surface area contributed by atoms with Gasteiger partial charge in [-0.2, -0.15) is 0 Å². The summed E-state index contributed by atoms with van der Waals surface area (Å²) in [5.41, 5.74) is 2.35. The van der Waals surface area contributed by atoms with E-state index in [-0.39, 0.29) is 18.5 Å². The van der Waals surface area contributed by atoms with Gasteiger partial charge in [0.1, 0.15) is 6.10 Å². The maximum atomic E-state index is 11.3. The summed E-state index contributed by atoms with van der Waals surface area (Å²) < 4.78 is 5.38. The van der Waals surface area contributed by atoms with Crippen LogP contribution >= 0.6 is 0 Å². The van der Waals surface area contributed by atoms with Gasteiger partial charge in [0, 0.05) is 13.3 Å². The third kappa shape index (κ3) is 11.4. The molecule has 1 aromatic carbocycles. The number of aliphatic carboxylic acids is 1. The molecule has 0 aliphatic heterocycles. The number of aryl methyl sites for hydroxylation is 1. The highest BCUT2D eigenvalue weighted by molar-refractivity contribution is 5.66. The summed E-state index contributed by atoms with van der Waals surface area (Å²) in [5.74, 6) is -0.990. The van der Waals surface area contributed by atoms with Crippen molar-refractivity contribution in [2.75, 3.05) is 0 Å². The first-order chi connectivity index (χ1) is 13.5. The van der Waals surface area contributed by atoms with Crippen LogP contribution in [0.1, 0.15) is 76.3 Å². The zero-order valence-electron chi connectivity index (χ0n) is 17.2. The van der Waals surface area contributed by atoms with Crippen molar-refractivity contribution in [1.29, 1.82) is 0 Å². The number of esters is 1. The number of carbonyl (C=O) groups is 2. The molecule has 0 heterocycles. The summed E-state index contributed by atoms with van der Waals surface area (Å²) in [6, 6.07) is 8.15. The molecule has 28 heavy (non-hydrogen) atoms. The van der Waals surface area contributed by atoms with Crippen LogP contribution in [0.4, 0.5) is 0 Å². The fourth-order valence-electron chi connectivity index (χ4n) is 3.04. The van der Waals surface area contributed by atoms with Gasteiger partial charge in [0.15, 0.2) is 0 Å². The second-order valence-corrected chi connectivity index (χ2v) is 7.04. The number of allylic oxidation sites excluding steroid dienone is 2. The van der Waals surface area contributed by atoms with Crippen LogP contribution in [0.5, 0.6) is 0 Å². The van der Waals surface area contributed by atoms with E-state index >= 15 is 0 Å². The van der Waals surface area contributed by atoms with E-state index in [9.17, 15) is 9.59 Å². The minimum Gasteiger partial charge on any atom is -0.481 e. The molecule has 0 bridgehead atoms. The monoisotopic (exact) mass is 386 g/mol. The number of carbonyl (C=O) groups excluding carboxylic acids is 1. The summed E-state index contributed by atoms with van der Waals surface area (Å²) in [6.07, 6.45) is 15.8. The van der Waals surface area contributed by atoms with E-state index in [0.717, 1.165) is 37.7 Å². The van der Waals surface area contributed by atoms with E-state index in [4.69, 9.17) is 9.84 Å². The van der Waals surface area contributed by atoms with Crippen molar-refractivity contribution in [3.05, 3.63) is 53.6 Å². The molecule has 0 spiro atoms. The summed E-state index contributed by atoms with van der Waals surface area (Å²) >= 11 is 0. The van der Waals surface area contributed by atoms with E-state index in [1.54, 1.807) is 0 Å². The van der Waals surface area contributed by atoms with E-state index < -0.39 is 5.97 Å². The SMILES string of the molecule is CCCCCC[C@@H](/C=C/C=C/c1ccccc1CCCCC(=O)O)OC(C)=O. The molecular weight excluding hydrogens is 352 g/mol. The second kappa shape index (κ2) is 14.7. The van der Waals surface area contributed by atoms with Crippen molar-refractivity contribution in [2.45, 2.75) is 77.7 Å². The molecule has 0 saturated carbocycles. The van der Waals surface area contributed by atoms with Crippen LogP contribution in [-0.4, -0.2) is 23.1 Å². The molecule has 0 amide bonds. The first-order valence-corrected chi connectivity index (χ1v) is 10.3. The number of carboxylic acids is 1. The van der Waals surface area contributed by atoms with Crippen molar-refractivity contribution in [2.24, 2.45) is 0 Å². The topological polar surface area (TPSA) is 63.6 Å². The number of benzene rings is 1. The van der Waals surface area contributed by atoms with Gasteiger partial charge in [0.25, 0.3) is 0 Å². The third-order valence-electron chi connectivity index (χ3n) is 4.51. The Morgan fingerprint density at radius 1 is 1.07 bits per heavy atom. The minimum absolute atomic E-state index is 0.176. The Balaban J connectivity index is 2.60. The molecular formula is C24H34O4. The fraction of sp³-hybridized carbons (Fsp3) is 0.500. The van der Waals surface area contributed by atoms with Gasteiger partial charge in [-0.25, -0.2) is 0 Å². The van der Waals surface area contributed by atoms with Gasteiger partial charge in [-0.1, -0.05) is 68.7 Å². The summed E-state index contributed by atoms with van der Waals surface area (Å²) in [6.45, 7) is 3.63. The molecule has 1 aromatic rings. The van der Waals surface area contributed by atoms with Gasteiger partial charge in [-0.15, -0.1) is 0 Å². The molecule has 1 rings (SSSR count). The van der Waals surface area contributed by atoms with Crippen LogP contribution in [0.15, 0.2) is 42.5 Å². The van der Waals surface area contributed by atoms with Crippen molar-refractivity contribution in [3.63, 3.8) is 0 Å². The normalized spacial score (nSPS) is 12.5. The largest absolute Gasteiger partial charge is 0.481 e. The van der Waals surface area contributed by atoms with Crippen LogP contribution in [-0.2, 0) is 20.7 Å². The smallest absolute Gasteiger partial charge is 0.303 e. The van der Waals surface area contributed by atoms with Crippen molar-refractivity contribution in [3.8, 4) is 0 Å². The number of rotatable bonds is 14. The lowest BCUT2D eigenvalue weighted by atomic mass is 10.0. The number of ether oxygens (including phenoxy) is 1. The number of unbranched alkanes of at least 4 members (excludes halogenated alkanes) is 4. The predicted molar refractivity (Wildman–Crippen MR) is 114 cm³/mol. The summed E-state index contributed by atoms with van der Waals surface area (Å²) in [4.78, 5) is 21.9. The Morgan fingerprint density at radius 2 is 1.86 bits per heavy atom. The van der Waals surface area contributed by atoms with E-state index in [1.165, 1.54) is 25.3 Å². The lowest BCUT2D eigenvalue weighted by Gasteiger charge is -2.12. The highest BCUT2D eigenvalue weighted by Gasteiger charge is 2.07. The number of carboxylic acid groups (broad SMARTS) is 1. The van der Waals surface area contributed by atoms with Crippen LogP contribution in [0, 0.1) is 0 Å². The second-order valence-electron chi connectivity index (χ2n) is 7.04. The zero-order chi connectivity index (χ0) is 20.6. The maximum absolute atomic E-state index is 11.3. The number of hydrogen-bond donors (Lipinski definition) is 1. The van der Waals surface area contributed by atoms with Gasteiger partial charge in [0.05, 0.1) is 0 Å². The molecule has 0 fully saturated rings. The highest BCUT2D eigenvalue weighted by atomic mass is 16.5. The molecule has 0 radical (unpaired) electrons. The van der Waals surface area contributed by atoms with Crippen LogP contribution < -0.4 is 0 Å². The van der Waals surface area contributed by atoms with E-state index in [0.29, 0.717) is 6.42 Å². The molecule has 0 aromatic heterocycles. The molecule has 1 atom stereocenters. The summed E-state index contributed by atoms with van der Waals surface area (Å²) in [7, 11) is 0. The predicted octanol–water partition coefficient (Wildman–Crippen LogP) is 5.96. The maximum Gasteiger partial charge on any atom is 0.303 e. The van der Waals surface area contributed by atoms with Crippen molar-refractivity contribution < 1.29 is 19.4 Å². The van der Waals surface area contributed by atoms with E-state index in [2.05, 4.69) is 19.1 Å². The Labute approximate surface area is 169 Å². The first kappa shape index (κ1) is 23.7. The standard InChI is InChI=1S/C24H34O4/c1-3-4-5-6-17-23(28-20(2)25)18-11-9-15-21-13-7-8-14-22(21)16-10-12-19-24(26)27/h7-9,11,13-15,18,23H,3-6,10,12,16-17,19H2,1-2H3,(H,26,27)/b15-9+,18-11+/t23-/m0/s1. The lowest BCUT2D eigenvalue weighted by Crippen LogP contribution is -2.13. The van der Waals surface area contributed by atoms with Gasteiger partial charge >= 0.3 is 11.9 Å². The van der Waals surface area contributed by atoms with Gasteiger partial charge in [0.2, 0.25) is 0 Å². The molecule has 0 aliphatic rings. The van der Waals surface area contributed by atoms with Crippen LogP contribution in [0.3, 0.4) is 0 Å². The van der Waals surface area contributed by atoms with Crippen LogP contribution in [0.2, 0.25) is 0 Å². The summed E-state index contributed by atoms with van der Waals surface area (Å²) in [5, 5.41) is 8.74. The highest BCUT2D eigenvalue weighted by Crippen LogP contribution is 2.15. The molecule has 0 saturated heterocycles. The zero-order valence-corrected chi connectivity index (χ0v) is 17.2. The third-order valence-corrected chi connectivity index (χ3v) is 4.51. The Morgan fingerprint density at radius 3 is 2.57 bits per heavy atom. The van der Waals surface area contributed by atoms with Gasteiger partial charge in [-0.3, -0.25) is 9.59 Å². The average Bonchev–Trinajstić information content (AvgIpc) is 2.66. The molecule has 4 nitrogen and oxygen atoms in total. The number of hydrogen-bond acceptors (Lipinski definition) is 3. The Kier molecular flexibility index (Phi) is 12.4.